The molecule has 1 N–H and O–H groups in total. The molecular weight excluding hydrogens is 468 g/mol. The maximum atomic E-state index is 11.2. The average Bonchev–Trinajstić information content (AvgIpc) is 3.13. The summed E-state index contributed by atoms with van der Waals surface area (Å²) in [4.78, 5) is 15.9. The summed E-state index contributed by atoms with van der Waals surface area (Å²) < 4.78 is 0. The quantitative estimate of drug-likeness (QED) is 0.416. The molecule has 0 radical (unpaired) electrons. The lowest BCUT2D eigenvalue weighted by Crippen LogP contribution is -2.32. The molecule has 2 fully saturated rings. The summed E-state index contributed by atoms with van der Waals surface area (Å²) in [5, 5.41) is 9.22. The fourth-order valence-electron chi connectivity index (χ4n) is 7.04. The summed E-state index contributed by atoms with van der Waals surface area (Å²) in [7, 11) is 0. The highest BCUT2D eigenvalue weighted by Crippen LogP contribution is 2.43. The molecular formula is C34H38N2O2. The third-order valence-corrected chi connectivity index (χ3v) is 9.04. The van der Waals surface area contributed by atoms with Gasteiger partial charge in [0.05, 0.1) is 6.54 Å². The normalized spacial score (nSPS) is 22.3. The Morgan fingerprint density at radius 3 is 2.34 bits per heavy atom. The summed E-state index contributed by atoms with van der Waals surface area (Å²) in [5.41, 5.74) is 9.91. The van der Waals surface area contributed by atoms with Crippen molar-refractivity contribution in [1.29, 1.82) is 0 Å². The lowest BCUT2D eigenvalue weighted by atomic mass is 9.80. The van der Waals surface area contributed by atoms with Crippen LogP contribution in [0.15, 0.2) is 78.9 Å². The molecule has 196 valence electrons. The topological polar surface area (TPSA) is 43.8 Å². The van der Waals surface area contributed by atoms with E-state index >= 15 is 0 Å². The number of anilines is 1. The first-order valence-corrected chi connectivity index (χ1v) is 14.3. The summed E-state index contributed by atoms with van der Waals surface area (Å²) in [6.07, 6.45) is 7.96. The van der Waals surface area contributed by atoms with Gasteiger partial charge in [-0.1, -0.05) is 66.7 Å². The van der Waals surface area contributed by atoms with Crippen LogP contribution in [0.25, 0.3) is 11.1 Å². The largest absolute Gasteiger partial charge is 0.480 e. The van der Waals surface area contributed by atoms with E-state index in [0.717, 1.165) is 51.9 Å². The Hall–Kier alpha value is -3.37. The summed E-state index contributed by atoms with van der Waals surface area (Å²) in [6, 6.07) is 29.2. The van der Waals surface area contributed by atoms with Crippen molar-refractivity contribution in [1.82, 2.24) is 4.90 Å². The van der Waals surface area contributed by atoms with Crippen LogP contribution in [0.3, 0.4) is 0 Å². The van der Waals surface area contributed by atoms with Gasteiger partial charge in [0.1, 0.15) is 0 Å². The van der Waals surface area contributed by atoms with Gasteiger partial charge in [0.15, 0.2) is 0 Å². The van der Waals surface area contributed by atoms with Crippen LogP contribution in [-0.2, 0) is 11.2 Å². The minimum absolute atomic E-state index is 0.172. The third-order valence-electron chi connectivity index (χ3n) is 9.04. The maximum Gasteiger partial charge on any atom is 0.317 e. The molecule has 2 aliphatic heterocycles. The van der Waals surface area contributed by atoms with Crippen molar-refractivity contribution in [2.75, 3.05) is 37.6 Å². The van der Waals surface area contributed by atoms with Gasteiger partial charge in [-0.2, -0.15) is 0 Å². The van der Waals surface area contributed by atoms with Gasteiger partial charge in [-0.05, 0) is 109 Å². The predicted molar refractivity (Wildman–Crippen MR) is 155 cm³/mol. The molecule has 4 nitrogen and oxygen atoms in total. The second-order valence-electron chi connectivity index (χ2n) is 11.5. The van der Waals surface area contributed by atoms with E-state index in [0.29, 0.717) is 5.41 Å². The van der Waals surface area contributed by atoms with Crippen molar-refractivity contribution in [3.8, 4) is 0 Å². The summed E-state index contributed by atoms with van der Waals surface area (Å²) >= 11 is 0. The Morgan fingerprint density at radius 2 is 1.53 bits per heavy atom. The van der Waals surface area contributed by atoms with Gasteiger partial charge in [0, 0.05) is 18.8 Å². The van der Waals surface area contributed by atoms with Gasteiger partial charge in [-0.25, -0.2) is 0 Å². The number of hydrogen-bond donors (Lipinski definition) is 1. The van der Waals surface area contributed by atoms with Crippen molar-refractivity contribution < 1.29 is 9.90 Å². The molecule has 0 bridgehead atoms. The molecule has 3 aliphatic rings. The number of nitrogens with zero attached hydrogens (tertiary/aromatic N) is 2. The fourth-order valence-corrected chi connectivity index (χ4v) is 7.04. The first-order chi connectivity index (χ1) is 18.6. The van der Waals surface area contributed by atoms with Crippen molar-refractivity contribution >= 4 is 22.8 Å². The van der Waals surface area contributed by atoms with Gasteiger partial charge in [-0.3, -0.25) is 9.69 Å². The number of likely N-dealkylation sites (tertiary alicyclic amines) is 1. The number of hydrogen-bond acceptors (Lipinski definition) is 3. The van der Waals surface area contributed by atoms with Gasteiger partial charge in [0.25, 0.3) is 0 Å². The van der Waals surface area contributed by atoms with Crippen molar-refractivity contribution in [2.24, 2.45) is 5.41 Å². The van der Waals surface area contributed by atoms with Crippen molar-refractivity contribution in [2.45, 2.75) is 44.9 Å². The van der Waals surface area contributed by atoms with E-state index in [-0.39, 0.29) is 6.54 Å². The lowest BCUT2D eigenvalue weighted by molar-refractivity contribution is -0.138. The number of carboxylic acid groups (broad SMARTS) is 1. The molecule has 1 aliphatic carbocycles. The van der Waals surface area contributed by atoms with Crippen LogP contribution in [-0.4, -0.2) is 48.7 Å². The highest BCUT2D eigenvalue weighted by Gasteiger charge is 2.39. The Balaban J connectivity index is 1.27. The molecule has 4 heteroatoms. The number of rotatable bonds is 5. The molecule has 0 saturated carbocycles. The lowest BCUT2D eigenvalue weighted by Gasteiger charge is -2.29. The third kappa shape index (κ3) is 5.15. The molecule has 2 saturated heterocycles. The molecule has 2 heterocycles. The molecule has 1 spiro atoms. The predicted octanol–water partition coefficient (Wildman–Crippen LogP) is 6.75. The van der Waals surface area contributed by atoms with E-state index in [1.165, 1.54) is 58.3 Å². The number of aryl methyl sites for hydroxylation is 1. The monoisotopic (exact) mass is 506 g/mol. The molecule has 1 unspecified atom stereocenters. The number of carbonyl (C=O) groups is 1. The van der Waals surface area contributed by atoms with Crippen LogP contribution < -0.4 is 4.90 Å². The van der Waals surface area contributed by atoms with Crippen molar-refractivity contribution in [3.63, 3.8) is 0 Å². The van der Waals surface area contributed by atoms with Crippen LogP contribution in [0.1, 0.15) is 60.8 Å². The second-order valence-corrected chi connectivity index (χ2v) is 11.5. The smallest absolute Gasteiger partial charge is 0.317 e. The van der Waals surface area contributed by atoms with E-state index in [4.69, 9.17) is 0 Å². The van der Waals surface area contributed by atoms with Crippen LogP contribution >= 0.6 is 0 Å². The van der Waals surface area contributed by atoms with E-state index < -0.39 is 5.97 Å². The van der Waals surface area contributed by atoms with Gasteiger partial charge >= 0.3 is 5.97 Å². The summed E-state index contributed by atoms with van der Waals surface area (Å²) in [5.74, 6) is -0.712. The van der Waals surface area contributed by atoms with Crippen LogP contribution in [0.5, 0.6) is 0 Å². The van der Waals surface area contributed by atoms with E-state index in [1.54, 1.807) is 0 Å². The highest BCUT2D eigenvalue weighted by molar-refractivity contribution is 6.00. The minimum atomic E-state index is -0.712. The SMILES string of the molecule is O=C(O)CN1CCCC2(CC1)CCN(c1ccc(C3=C(c4ccccc4)CCCc4ccccc43)cc1)C2. The molecule has 3 aromatic carbocycles. The number of aliphatic carboxylic acids is 1. The van der Waals surface area contributed by atoms with Gasteiger partial charge in [0.2, 0.25) is 0 Å². The molecule has 3 aromatic rings. The standard InChI is InChI=1S/C34H38N2O2/c37-32(38)24-35-21-7-18-34(19-22-35)20-23-36(25-34)29-16-14-28(15-17-29)33-30-12-5-4-10-27(30)11-6-13-31(33)26-8-2-1-3-9-26/h1-5,8-10,12,14-17H,6-7,11,13,18-25H2,(H,37,38). The second kappa shape index (κ2) is 10.8. The first-order valence-electron chi connectivity index (χ1n) is 14.3. The van der Waals surface area contributed by atoms with E-state index in [9.17, 15) is 9.90 Å². The van der Waals surface area contributed by atoms with Crippen LogP contribution in [0, 0.1) is 5.41 Å². The molecule has 38 heavy (non-hydrogen) atoms. The van der Waals surface area contributed by atoms with Crippen LogP contribution in [0.2, 0.25) is 0 Å². The van der Waals surface area contributed by atoms with Gasteiger partial charge < -0.3 is 10.0 Å². The Morgan fingerprint density at radius 1 is 0.763 bits per heavy atom. The average molecular weight is 507 g/mol. The first kappa shape index (κ1) is 24.9. The fraction of sp³-hybridized carbons (Fsp3) is 0.382. The number of allylic oxidation sites excluding steroid dienone is 1. The zero-order valence-electron chi connectivity index (χ0n) is 22.2. The van der Waals surface area contributed by atoms with Crippen molar-refractivity contribution in [3.05, 3.63) is 101 Å². The Kier molecular flexibility index (Phi) is 7.08. The Labute approximate surface area is 226 Å². The maximum absolute atomic E-state index is 11.2. The zero-order valence-corrected chi connectivity index (χ0v) is 22.2. The Bertz CT molecular complexity index is 1310. The van der Waals surface area contributed by atoms with Gasteiger partial charge in [-0.15, -0.1) is 0 Å². The number of fused-ring (bicyclic) bond motifs is 1. The minimum Gasteiger partial charge on any atom is -0.480 e. The van der Waals surface area contributed by atoms with Crippen LogP contribution in [0.4, 0.5) is 5.69 Å². The number of carboxylic acids is 1. The zero-order chi connectivity index (χ0) is 26.0. The molecule has 0 aromatic heterocycles. The molecule has 1 atom stereocenters. The molecule has 0 amide bonds. The number of benzene rings is 3. The van der Waals surface area contributed by atoms with E-state index in [2.05, 4.69) is 88.7 Å². The van der Waals surface area contributed by atoms with E-state index in [1.807, 2.05) is 0 Å². The highest BCUT2D eigenvalue weighted by atomic mass is 16.4. The molecule has 6 rings (SSSR count). The summed E-state index contributed by atoms with van der Waals surface area (Å²) in [6.45, 7) is 4.14.